The molecule has 1 unspecified atom stereocenters. The molecule has 0 amide bonds. The number of fused-ring (bicyclic) bond motifs is 1. The van der Waals surface area contributed by atoms with E-state index in [1.54, 1.807) is 0 Å². The van der Waals surface area contributed by atoms with E-state index in [0.29, 0.717) is 19.4 Å². The largest absolute Gasteiger partial charge is 0.393 e. The number of aliphatic hydroxyl groups excluding tert-OH is 1. The summed E-state index contributed by atoms with van der Waals surface area (Å²) in [5.41, 5.74) is 2.17. The van der Waals surface area contributed by atoms with Crippen molar-refractivity contribution in [3.8, 4) is 0 Å². The number of rotatable bonds is 9. The Balaban J connectivity index is 2.04. The minimum atomic E-state index is -0.394. The van der Waals surface area contributed by atoms with Gasteiger partial charge < -0.3 is 14.4 Å². The second-order valence-electron chi connectivity index (χ2n) is 5.43. The van der Waals surface area contributed by atoms with E-state index in [4.69, 9.17) is 4.74 Å². The molecule has 1 N–H and O–H groups in total. The molecule has 1 heterocycles. The number of para-hydroxylation sites is 2. The first-order valence-electron chi connectivity index (χ1n) is 7.96. The highest BCUT2D eigenvalue weighted by molar-refractivity contribution is 5.75. The molecule has 1 aromatic heterocycles. The van der Waals surface area contributed by atoms with Crippen molar-refractivity contribution < 1.29 is 9.84 Å². The third-order valence-electron chi connectivity index (χ3n) is 3.54. The molecule has 0 aliphatic heterocycles. The van der Waals surface area contributed by atoms with Crippen LogP contribution in [-0.2, 0) is 17.7 Å². The molecule has 0 aliphatic carbocycles. The lowest BCUT2D eigenvalue weighted by Gasteiger charge is -2.12. The van der Waals surface area contributed by atoms with E-state index in [2.05, 4.69) is 29.5 Å². The number of ether oxygens (including phenoxy) is 1. The summed E-state index contributed by atoms with van der Waals surface area (Å²) >= 11 is 0. The number of aromatic nitrogens is 2. The zero-order chi connectivity index (χ0) is 15.1. The number of hydrogen-bond acceptors (Lipinski definition) is 3. The van der Waals surface area contributed by atoms with Crippen LogP contribution in [0, 0.1) is 0 Å². The fraction of sp³-hybridized carbons (Fsp3) is 0.588. The van der Waals surface area contributed by atoms with Crippen molar-refractivity contribution in [2.45, 2.75) is 52.2 Å². The zero-order valence-corrected chi connectivity index (χ0v) is 13.1. The van der Waals surface area contributed by atoms with Gasteiger partial charge in [-0.15, -0.1) is 0 Å². The molecule has 1 aromatic carbocycles. The Morgan fingerprint density at radius 3 is 2.76 bits per heavy atom. The van der Waals surface area contributed by atoms with Crippen LogP contribution in [0.25, 0.3) is 11.0 Å². The van der Waals surface area contributed by atoms with Crippen molar-refractivity contribution in [3.63, 3.8) is 0 Å². The molecule has 116 valence electrons. The molecule has 0 bridgehead atoms. The van der Waals surface area contributed by atoms with E-state index in [-0.39, 0.29) is 0 Å². The summed E-state index contributed by atoms with van der Waals surface area (Å²) in [5.74, 6) is 0.973. The summed E-state index contributed by atoms with van der Waals surface area (Å²) in [6.45, 7) is 6.57. The minimum absolute atomic E-state index is 0.394. The maximum atomic E-state index is 10.2. The van der Waals surface area contributed by atoms with Gasteiger partial charge in [-0.25, -0.2) is 4.98 Å². The van der Waals surface area contributed by atoms with Crippen molar-refractivity contribution >= 4 is 11.0 Å². The number of nitrogens with zero attached hydrogens (tertiary/aromatic N) is 2. The van der Waals surface area contributed by atoms with Crippen LogP contribution < -0.4 is 0 Å². The molecule has 0 aliphatic rings. The summed E-state index contributed by atoms with van der Waals surface area (Å²) in [6.07, 6.45) is 2.93. The number of aryl methyl sites for hydroxylation is 1. The lowest BCUT2D eigenvalue weighted by atomic mass is 10.2. The van der Waals surface area contributed by atoms with Crippen molar-refractivity contribution in [2.24, 2.45) is 0 Å². The van der Waals surface area contributed by atoms with Crippen LogP contribution >= 0.6 is 0 Å². The molecule has 0 spiro atoms. The van der Waals surface area contributed by atoms with E-state index >= 15 is 0 Å². The normalized spacial score (nSPS) is 12.9. The summed E-state index contributed by atoms with van der Waals surface area (Å²) in [4.78, 5) is 4.68. The Hall–Kier alpha value is -1.39. The van der Waals surface area contributed by atoms with E-state index in [1.165, 1.54) is 0 Å². The van der Waals surface area contributed by atoms with Crippen molar-refractivity contribution in [1.82, 2.24) is 9.55 Å². The molecule has 2 aromatic rings. The second-order valence-corrected chi connectivity index (χ2v) is 5.43. The molecule has 0 radical (unpaired) electrons. The molecular formula is C17H26N2O2. The van der Waals surface area contributed by atoms with Gasteiger partial charge in [0.25, 0.3) is 0 Å². The van der Waals surface area contributed by atoms with Crippen LogP contribution in [0.15, 0.2) is 24.3 Å². The molecule has 0 saturated carbocycles. The van der Waals surface area contributed by atoms with Gasteiger partial charge >= 0.3 is 0 Å². The lowest BCUT2D eigenvalue weighted by molar-refractivity contribution is 0.0812. The zero-order valence-electron chi connectivity index (χ0n) is 13.1. The molecule has 0 fully saturated rings. The SMILES string of the molecule is CCCOCCC(O)Cc1nc2ccccc2n1CCC. The number of imidazole rings is 1. The molecule has 2 rings (SSSR count). The average molecular weight is 290 g/mol. The van der Waals surface area contributed by atoms with Crippen molar-refractivity contribution in [1.29, 1.82) is 0 Å². The second kappa shape index (κ2) is 8.15. The van der Waals surface area contributed by atoms with Gasteiger partial charge in [0.2, 0.25) is 0 Å². The summed E-state index contributed by atoms with van der Waals surface area (Å²) in [7, 11) is 0. The minimum Gasteiger partial charge on any atom is -0.393 e. The Morgan fingerprint density at radius 2 is 2.00 bits per heavy atom. The summed E-state index contributed by atoms with van der Waals surface area (Å²) in [6, 6.07) is 8.17. The molecule has 1 atom stereocenters. The molecule has 21 heavy (non-hydrogen) atoms. The Kier molecular flexibility index (Phi) is 6.21. The summed E-state index contributed by atoms with van der Waals surface area (Å²) in [5, 5.41) is 10.2. The highest BCUT2D eigenvalue weighted by Gasteiger charge is 2.14. The fourth-order valence-electron chi connectivity index (χ4n) is 2.53. The summed E-state index contributed by atoms with van der Waals surface area (Å²) < 4.78 is 7.67. The van der Waals surface area contributed by atoms with Crippen LogP contribution in [0.1, 0.15) is 38.9 Å². The number of hydrogen-bond donors (Lipinski definition) is 1. The molecule has 4 nitrogen and oxygen atoms in total. The van der Waals surface area contributed by atoms with E-state index in [1.807, 2.05) is 18.2 Å². The highest BCUT2D eigenvalue weighted by atomic mass is 16.5. The van der Waals surface area contributed by atoms with Crippen molar-refractivity contribution in [3.05, 3.63) is 30.1 Å². The standard InChI is InChI=1S/C17H26N2O2/c1-3-10-19-16-8-6-5-7-15(16)18-17(19)13-14(20)9-12-21-11-4-2/h5-8,14,20H,3-4,9-13H2,1-2H3. The monoisotopic (exact) mass is 290 g/mol. The number of aliphatic hydroxyl groups is 1. The van der Waals surface area contributed by atoms with E-state index in [0.717, 1.165) is 42.9 Å². The average Bonchev–Trinajstić information content (AvgIpc) is 2.82. The smallest absolute Gasteiger partial charge is 0.112 e. The third kappa shape index (κ3) is 4.29. The van der Waals surface area contributed by atoms with Gasteiger partial charge in [0.05, 0.1) is 17.1 Å². The van der Waals surface area contributed by atoms with Gasteiger partial charge in [-0.2, -0.15) is 0 Å². The van der Waals surface area contributed by atoms with Gasteiger partial charge in [-0.3, -0.25) is 0 Å². The quantitative estimate of drug-likeness (QED) is 0.722. The Morgan fingerprint density at radius 1 is 1.19 bits per heavy atom. The van der Waals surface area contributed by atoms with Crippen LogP contribution in [0.2, 0.25) is 0 Å². The Labute approximate surface area is 126 Å². The van der Waals surface area contributed by atoms with Gasteiger partial charge in [0.15, 0.2) is 0 Å². The first-order valence-corrected chi connectivity index (χ1v) is 7.96. The lowest BCUT2D eigenvalue weighted by Crippen LogP contribution is -2.17. The van der Waals surface area contributed by atoms with E-state index < -0.39 is 6.10 Å². The maximum Gasteiger partial charge on any atom is 0.112 e. The van der Waals surface area contributed by atoms with Crippen LogP contribution in [0.3, 0.4) is 0 Å². The van der Waals surface area contributed by atoms with Crippen LogP contribution in [-0.4, -0.2) is 34.0 Å². The first kappa shape index (κ1) is 16.0. The molecule has 4 heteroatoms. The van der Waals surface area contributed by atoms with Crippen molar-refractivity contribution in [2.75, 3.05) is 13.2 Å². The van der Waals surface area contributed by atoms with Gasteiger partial charge in [0, 0.05) is 26.2 Å². The molecule has 0 saturated heterocycles. The molecular weight excluding hydrogens is 264 g/mol. The van der Waals surface area contributed by atoms with Gasteiger partial charge in [0.1, 0.15) is 5.82 Å². The first-order chi connectivity index (χ1) is 10.3. The highest BCUT2D eigenvalue weighted by Crippen LogP contribution is 2.18. The van der Waals surface area contributed by atoms with Gasteiger partial charge in [-0.1, -0.05) is 26.0 Å². The third-order valence-corrected chi connectivity index (χ3v) is 3.54. The van der Waals surface area contributed by atoms with E-state index in [9.17, 15) is 5.11 Å². The predicted molar refractivity (Wildman–Crippen MR) is 85.5 cm³/mol. The number of benzene rings is 1. The van der Waals surface area contributed by atoms with Crippen LogP contribution in [0.5, 0.6) is 0 Å². The predicted octanol–water partition coefficient (Wildman–Crippen LogP) is 3.17. The maximum absolute atomic E-state index is 10.2. The topological polar surface area (TPSA) is 47.3 Å². The fourth-order valence-corrected chi connectivity index (χ4v) is 2.53. The Bertz CT molecular complexity index is 551. The van der Waals surface area contributed by atoms with Gasteiger partial charge in [-0.05, 0) is 31.4 Å². The van der Waals surface area contributed by atoms with Crippen LogP contribution in [0.4, 0.5) is 0 Å².